The molecule has 0 rings (SSSR count). The molecular formula is C10H23NO4. The summed E-state index contributed by atoms with van der Waals surface area (Å²) in [6.45, 7) is 10.1. The molecule has 0 aliphatic carbocycles. The van der Waals surface area contributed by atoms with Gasteiger partial charge in [0, 0.05) is 26.4 Å². The molecule has 0 saturated carbocycles. The van der Waals surface area contributed by atoms with Gasteiger partial charge in [0.1, 0.15) is 6.61 Å². The lowest BCUT2D eigenvalue weighted by atomic mass is 10.5. The second kappa shape index (κ2) is 9.06. The number of ether oxygens (including phenoxy) is 3. The maximum atomic E-state index is 5.45. The minimum Gasteiger partial charge on any atom is -0.326 e. The molecule has 0 atom stereocenters. The third-order valence-electron chi connectivity index (χ3n) is 1.59. The van der Waals surface area contributed by atoms with Gasteiger partial charge in [0.2, 0.25) is 0 Å². The summed E-state index contributed by atoms with van der Waals surface area (Å²) in [6, 6.07) is 0. The topological polar surface area (TPSA) is 49.0 Å². The molecule has 0 bridgehead atoms. The maximum absolute atomic E-state index is 5.45. The molecule has 0 aliphatic rings. The fourth-order valence-electron chi connectivity index (χ4n) is 1.15. The minimum atomic E-state index is -1.08. The lowest BCUT2D eigenvalue weighted by Gasteiger charge is -2.31. The second-order valence-electron chi connectivity index (χ2n) is 2.77. The van der Waals surface area contributed by atoms with Crippen LogP contribution in [0.25, 0.3) is 0 Å². The fraction of sp³-hybridized carbons (Fsp3) is 1.00. The van der Waals surface area contributed by atoms with Gasteiger partial charge in [-0.1, -0.05) is 6.92 Å². The Bertz CT molecular complexity index is 126. The number of nitrogens with one attached hydrogen (secondary N) is 1. The highest BCUT2D eigenvalue weighted by atomic mass is 16.9. The van der Waals surface area contributed by atoms with Crippen molar-refractivity contribution in [2.75, 3.05) is 33.0 Å². The quantitative estimate of drug-likeness (QED) is 0.342. The van der Waals surface area contributed by atoms with E-state index < -0.39 is 5.97 Å². The second-order valence-corrected chi connectivity index (χ2v) is 2.77. The van der Waals surface area contributed by atoms with Crippen molar-refractivity contribution in [3.63, 3.8) is 0 Å². The van der Waals surface area contributed by atoms with Crippen LogP contribution >= 0.6 is 0 Å². The van der Waals surface area contributed by atoms with Gasteiger partial charge in [-0.2, -0.15) is 0 Å². The van der Waals surface area contributed by atoms with Gasteiger partial charge in [-0.3, -0.25) is 4.84 Å². The van der Waals surface area contributed by atoms with Gasteiger partial charge in [0.15, 0.2) is 0 Å². The van der Waals surface area contributed by atoms with E-state index in [1.807, 2.05) is 27.7 Å². The van der Waals surface area contributed by atoms with Crippen LogP contribution in [0.15, 0.2) is 0 Å². The van der Waals surface area contributed by atoms with Gasteiger partial charge >= 0.3 is 5.97 Å². The molecule has 0 amide bonds. The van der Waals surface area contributed by atoms with E-state index in [0.29, 0.717) is 19.8 Å². The lowest BCUT2D eigenvalue weighted by molar-refractivity contribution is -0.395. The first-order valence-electron chi connectivity index (χ1n) is 5.51. The molecule has 0 unspecified atom stereocenters. The van der Waals surface area contributed by atoms with Crippen LogP contribution < -0.4 is 5.48 Å². The summed E-state index contributed by atoms with van der Waals surface area (Å²) in [4.78, 5) is 5.18. The fourth-order valence-corrected chi connectivity index (χ4v) is 1.15. The summed E-state index contributed by atoms with van der Waals surface area (Å²) in [7, 11) is 0. The molecule has 0 aromatic carbocycles. The highest BCUT2D eigenvalue weighted by molar-refractivity contribution is 4.55. The molecule has 0 fully saturated rings. The average Bonchev–Trinajstić information content (AvgIpc) is 2.19. The van der Waals surface area contributed by atoms with E-state index in [0.717, 1.165) is 6.54 Å². The van der Waals surface area contributed by atoms with Crippen LogP contribution in [0.1, 0.15) is 27.7 Å². The molecule has 0 spiro atoms. The molecule has 0 aromatic heterocycles. The third-order valence-corrected chi connectivity index (χ3v) is 1.59. The normalized spacial score (nSPS) is 12.0. The predicted molar refractivity (Wildman–Crippen MR) is 57.2 cm³/mol. The van der Waals surface area contributed by atoms with Crippen molar-refractivity contribution in [3.8, 4) is 0 Å². The molecular weight excluding hydrogens is 198 g/mol. The first-order chi connectivity index (χ1) is 7.24. The Kier molecular flexibility index (Phi) is 8.94. The van der Waals surface area contributed by atoms with Crippen LogP contribution in [0.3, 0.4) is 0 Å². The Morgan fingerprint density at radius 2 is 1.33 bits per heavy atom. The number of hydroxylamine groups is 1. The van der Waals surface area contributed by atoms with Gasteiger partial charge in [-0.05, 0) is 20.8 Å². The first-order valence-corrected chi connectivity index (χ1v) is 5.51. The van der Waals surface area contributed by atoms with Gasteiger partial charge in [-0.25, -0.2) is 5.48 Å². The SMILES string of the molecule is CCNOCC(OCC)(OCC)OCC. The highest BCUT2D eigenvalue weighted by Gasteiger charge is 2.33. The van der Waals surface area contributed by atoms with E-state index in [1.165, 1.54) is 0 Å². The van der Waals surface area contributed by atoms with Gasteiger partial charge in [-0.15, -0.1) is 0 Å². The molecule has 5 nitrogen and oxygen atoms in total. The van der Waals surface area contributed by atoms with Crippen LogP contribution in [-0.4, -0.2) is 38.9 Å². The van der Waals surface area contributed by atoms with Gasteiger partial charge in [0.25, 0.3) is 0 Å². The molecule has 0 radical (unpaired) electrons. The van der Waals surface area contributed by atoms with Crippen molar-refractivity contribution in [3.05, 3.63) is 0 Å². The van der Waals surface area contributed by atoms with Crippen molar-refractivity contribution in [1.29, 1.82) is 0 Å². The van der Waals surface area contributed by atoms with Crippen LogP contribution in [-0.2, 0) is 19.0 Å². The van der Waals surface area contributed by atoms with Crippen molar-refractivity contribution >= 4 is 0 Å². The van der Waals surface area contributed by atoms with E-state index in [9.17, 15) is 0 Å². The van der Waals surface area contributed by atoms with Crippen molar-refractivity contribution < 1.29 is 19.0 Å². The molecule has 15 heavy (non-hydrogen) atoms. The highest BCUT2D eigenvalue weighted by Crippen LogP contribution is 2.15. The molecule has 0 saturated heterocycles. The monoisotopic (exact) mass is 221 g/mol. The molecule has 92 valence electrons. The lowest BCUT2D eigenvalue weighted by Crippen LogP contribution is -2.45. The number of hydrogen-bond donors (Lipinski definition) is 1. The van der Waals surface area contributed by atoms with Crippen LogP contribution in [0.2, 0.25) is 0 Å². The maximum Gasteiger partial charge on any atom is 0.309 e. The third kappa shape index (κ3) is 6.06. The largest absolute Gasteiger partial charge is 0.326 e. The Hall–Kier alpha value is -0.200. The van der Waals surface area contributed by atoms with Crippen LogP contribution in [0.4, 0.5) is 0 Å². The zero-order chi connectivity index (χ0) is 11.6. The van der Waals surface area contributed by atoms with E-state index in [1.54, 1.807) is 0 Å². The van der Waals surface area contributed by atoms with E-state index >= 15 is 0 Å². The summed E-state index contributed by atoms with van der Waals surface area (Å²) < 4.78 is 16.3. The Morgan fingerprint density at radius 1 is 0.867 bits per heavy atom. The molecule has 1 N–H and O–H groups in total. The number of rotatable bonds is 10. The zero-order valence-electron chi connectivity index (χ0n) is 10.2. The van der Waals surface area contributed by atoms with Gasteiger partial charge in [0.05, 0.1) is 0 Å². The average molecular weight is 221 g/mol. The summed E-state index contributed by atoms with van der Waals surface area (Å²) in [5.41, 5.74) is 2.74. The smallest absolute Gasteiger partial charge is 0.309 e. The van der Waals surface area contributed by atoms with E-state index in [-0.39, 0.29) is 6.61 Å². The molecule has 0 aliphatic heterocycles. The van der Waals surface area contributed by atoms with Crippen molar-refractivity contribution in [2.45, 2.75) is 33.7 Å². The van der Waals surface area contributed by atoms with E-state index in [4.69, 9.17) is 19.0 Å². The Labute approximate surface area is 92.0 Å². The standard InChI is InChI=1S/C10H23NO4/c1-5-11-15-9-10(12-6-2,13-7-3)14-8-4/h11H,5-9H2,1-4H3. The predicted octanol–water partition coefficient (Wildman–Crippen LogP) is 1.29. The van der Waals surface area contributed by atoms with Crippen molar-refractivity contribution in [2.24, 2.45) is 0 Å². The minimum absolute atomic E-state index is 0.205. The Morgan fingerprint density at radius 3 is 1.67 bits per heavy atom. The van der Waals surface area contributed by atoms with Crippen LogP contribution in [0.5, 0.6) is 0 Å². The van der Waals surface area contributed by atoms with E-state index in [2.05, 4.69) is 5.48 Å². The van der Waals surface area contributed by atoms with Crippen LogP contribution in [0, 0.1) is 0 Å². The van der Waals surface area contributed by atoms with Gasteiger partial charge < -0.3 is 14.2 Å². The first kappa shape index (κ1) is 14.8. The summed E-state index contributed by atoms with van der Waals surface area (Å²) >= 11 is 0. The molecule has 0 aromatic rings. The molecule has 0 heterocycles. The molecule has 5 heteroatoms. The summed E-state index contributed by atoms with van der Waals surface area (Å²) in [6.07, 6.45) is 0. The van der Waals surface area contributed by atoms with Crippen molar-refractivity contribution in [1.82, 2.24) is 5.48 Å². The Balaban J connectivity index is 4.18. The number of hydrogen-bond acceptors (Lipinski definition) is 5. The summed E-state index contributed by atoms with van der Waals surface area (Å²) in [5.74, 6) is -1.08. The summed E-state index contributed by atoms with van der Waals surface area (Å²) in [5, 5.41) is 0. The zero-order valence-corrected chi connectivity index (χ0v) is 10.2.